The Morgan fingerprint density at radius 3 is 1.84 bits per heavy atom. The summed E-state index contributed by atoms with van der Waals surface area (Å²) >= 11 is 0. The zero-order valence-corrected chi connectivity index (χ0v) is 28.3. The molecule has 5 saturated heterocycles. The molecule has 0 spiro atoms. The van der Waals surface area contributed by atoms with E-state index < -0.39 is 0 Å². The molecule has 14 nitrogen and oxygen atoms in total. The lowest BCUT2D eigenvalue weighted by molar-refractivity contribution is 0.00159. The highest BCUT2D eigenvalue weighted by atomic mass is 16.5. The monoisotopic (exact) mass is 683 g/mol. The Labute approximate surface area is 292 Å². The number of fused-ring (bicyclic) bond motifs is 2. The van der Waals surface area contributed by atoms with Crippen molar-refractivity contribution in [2.45, 2.75) is 43.8 Å². The summed E-state index contributed by atoms with van der Waals surface area (Å²) in [5, 5.41) is 5.77. The van der Waals surface area contributed by atoms with Crippen LogP contribution >= 0.6 is 0 Å². The molecule has 2 N–H and O–H groups in total. The molecular weight excluding hydrogens is 638 g/mol. The summed E-state index contributed by atoms with van der Waals surface area (Å²) in [6.45, 7) is 9.13. The smallest absolute Gasteiger partial charge is 0.323 e. The van der Waals surface area contributed by atoms with Gasteiger partial charge < -0.3 is 39.5 Å². The number of hydrogen-bond acceptors (Lipinski definition) is 11. The van der Waals surface area contributed by atoms with Gasteiger partial charge in [-0.25, -0.2) is 4.79 Å². The number of likely N-dealkylation sites (tertiary alicyclic amines) is 1. The Kier molecular flexibility index (Phi) is 9.75. The Balaban J connectivity index is 0.885. The third-order valence-electron chi connectivity index (χ3n) is 10.5. The number of aromatic nitrogens is 3. The van der Waals surface area contributed by atoms with Gasteiger partial charge in [-0.1, -0.05) is 0 Å². The molecule has 2 atom stereocenters. The molecule has 14 heteroatoms. The number of anilines is 4. The van der Waals surface area contributed by atoms with Crippen molar-refractivity contribution < 1.29 is 23.8 Å². The molecule has 0 saturated carbocycles. The first kappa shape index (κ1) is 32.8. The van der Waals surface area contributed by atoms with Crippen LogP contribution in [0.4, 0.5) is 28.1 Å². The lowest BCUT2D eigenvalue weighted by Gasteiger charge is -2.40. The third-order valence-corrected chi connectivity index (χ3v) is 10.5. The molecule has 1 aromatic heterocycles. The maximum atomic E-state index is 13.2. The highest BCUT2D eigenvalue weighted by Crippen LogP contribution is 2.34. The molecule has 6 heterocycles. The number of amides is 3. The van der Waals surface area contributed by atoms with Crippen LogP contribution in [0.5, 0.6) is 0 Å². The van der Waals surface area contributed by atoms with Gasteiger partial charge in [-0.05, 0) is 74.2 Å². The van der Waals surface area contributed by atoms with Gasteiger partial charge in [0, 0.05) is 67.8 Å². The minimum absolute atomic E-state index is 0.0289. The summed E-state index contributed by atoms with van der Waals surface area (Å²) in [6.07, 6.45) is 4.10. The van der Waals surface area contributed by atoms with Crippen molar-refractivity contribution in [3.8, 4) is 11.4 Å². The van der Waals surface area contributed by atoms with Crippen LogP contribution in [0.25, 0.3) is 11.4 Å². The van der Waals surface area contributed by atoms with Gasteiger partial charge in [0.25, 0.3) is 5.91 Å². The Hall–Kier alpha value is -4.37. The molecule has 264 valence electrons. The fraction of sp³-hybridized carbons (Fsp3) is 0.528. The summed E-state index contributed by atoms with van der Waals surface area (Å²) < 4.78 is 16.9. The van der Waals surface area contributed by atoms with Crippen LogP contribution in [0.1, 0.15) is 36.0 Å². The van der Waals surface area contributed by atoms with Crippen LogP contribution in [0.2, 0.25) is 0 Å². The molecule has 2 aromatic carbocycles. The van der Waals surface area contributed by atoms with E-state index in [1.54, 1.807) is 24.3 Å². The number of nitrogens with zero attached hydrogens (tertiary/aromatic N) is 7. The predicted molar refractivity (Wildman–Crippen MR) is 189 cm³/mol. The zero-order valence-electron chi connectivity index (χ0n) is 28.3. The number of benzene rings is 2. The highest BCUT2D eigenvalue weighted by molar-refractivity contribution is 6.00. The van der Waals surface area contributed by atoms with Gasteiger partial charge in [-0.3, -0.25) is 9.69 Å². The van der Waals surface area contributed by atoms with Gasteiger partial charge in [0.1, 0.15) is 0 Å². The summed E-state index contributed by atoms with van der Waals surface area (Å²) in [4.78, 5) is 49.7. The van der Waals surface area contributed by atoms with Crippen molar-refractivity contribution in [3.63, 3.8) is 0 Å². The first-order valence-electron chi connectivity index (χ1n) is 17.9. The molecule has 3 amide bonds. The van der Waals surface area contributed by atoms with Crippen LogP contribution in [0.15, 0.2) is 48.5 Å². The van der Waals surface area contributed by atoms with Crippen LogP contribution in [0.3, 0.4) is 0 Å². The molecular formula is C36H45N9O5. The first-order valence-corrected chi connectivity index (χ1v) is 17.9. The van der Waals surface area contributed by atoms with E-state index in [4.69, 9.17) is 29.2 Å². The van der Waals surface area contributed by atoms with E-state index >= 15 is 0 Å². The summed E-state index contributed by atoms with van der Waals surface area (Å²) in [6, 6.07) is 15.3. The second kappa shape index (κ2) is 14.9. The first-order chi connectivity index (χ1) is 24.6. The van der Waals surface area contributed by atoms with Crippen LogP contribution in [-0.2, 0) is 14.2 Å². The van der Waals surface area contributed by atoms with Crippen LogP contribution in [0, 0.1) is 0 Å². The van der Waals surface area contributed by atoms with Crippen molar-refractivity contribution in [1.82, 2.24) is 24.8 Å². The lowest BCUT2D eigenvalue weighted by atomic mass is 10.0. The van der Waals surface area contributed by atoms with E-state index in [2.05, 4.69) is 25.3 Å². The molecule has 5 aliphatic heterocycles. The second-order valence-corrected chi connectivity index (χ2v) is 13.6. The van der Waals surface area contributed by atoms with Gasteiger partial charge in [0.15, 0.2) is 5.82 Å². The second-order valence-electron chi connectivity index (χ2n) is 13.6. The van der Waals surface area contributed by atoms with E-state index in [1.807, 2.05) is 29.2 Å². The number of carbonyl (C=O) groups is 2. The number of urea groups is 1. The van der Waals surface area contributed by atoms with Crippen molar-refractivity contribution >= 4 is 35.2 Å². The van der Waals surface area contributed by atoms with Crippen LogP contribution in [-0.4, -0.2) is 134 Å². The van der Waals surface area contributed by atoms with E-state index in [0.29, 0.717) is 67.1 Å². The molecule has 50 heavy (non-hydrogen) atoms. The molecule has 3 aromatic rings. The molecule has 8 rings (SSSR count). The Bertz CT molecular complexity index is 1620. The molecule has 2 bridgehead atoms. The predicted octanol–water partition coefficient (Wildman–Crippen LogP) is 3.32. The fourth-order valence-corrected chi connectivity index (χ4v) is 7.71. The van der Waals surface area contributed by atoms with Crippen molar-refractivity contribution in [3.05, 3.63) is 54.1 Å². The molecule has 5 aliphatic rings. The summed E-state index contributed by atoms with van der Waals surface area (Å²) in [7, 11) is 0. The van der Waals surface area contributed by atoms with E-state index in [0.717, 1.165) is 83.7 Å². The minimum Gasteiger partial charge on any atom is -0.379 e. The fourth-order valence-electron chi connectivity index (χ4n) is 7.71. The van der Waals surface area contributed by atoms with Crippen molar-refractivity contribution in [2.75, 3.05) is 99.3 Å². The van der Waals surface area contributed by atoms with Crippen molar-refractivity contribution in [2.24, 2.45) is 0 Å². The summed E-state index contributed by atoms with van der Waals surface area (Å²) in [5.41, 5.74) is 2.69. The Morgan fingerprint density at radius 1 is 0.620 bits per heavy atom. The Morgan fingerprint density at radius 2 is 1.20 bits per heavy atom. The largest absolute Gasteiger partial charge is 0.379 e. The van der Waals surface area contributed by atoms with E-state index in [-0.39, 0.29) is 24.0 Å². The highest BCUT2D eigenvalue weighted by Gasteiger charge is 2.39. The third kappa shape index (κ3) is 7.24. The van der Waals surface area contributed by atoms with Crippen molar-refractivity contribution in [1.29, 1.82) is 0 Å². The lowest BCUT2D eigenvalue weighted by Crippen LogP contribution is -2.50. The maximum Gasteiger partial charge on any atom is 0.323 e. The van der Waals surface area contributed by atoms with Gasteiger partial charge in [-0.15, -0.1) is 0 Å². The van der Waals surface area contributed by atoms with Gasteiger partial charge in [0.05, 0.1) is 51.7 Å². The number of morpholine rings is 3. The molecule has 5 fully saturated rings. The van der Waals surface area contributed by atoms with E-state index in [9.17, 15) is 9.59 Å². The number of piperidine rings is 1. The van der Waals surface area contributed by atoms with E-state index in [1.165, 1.54) is 0 Å². The average molecular weight is 684 g/mol. The zero-order chi connectivity index (χ0) is 33.9. The molecule has 0 aliphatic carbocycles. The number of ether oxygens (including phenoxy) is 3. The topological polar surface area (TPSA) is 138 Å². The molecule has 0 radical (unpaired) electrons. The maximum absolute atomic E-state index is 13.2. The number of carbonyl (C=O) groups excluding carboxylic acids is 2. The van der Waals surface area contributed by atoms with Gasteiger partial charge in [-0.2, -0.15) is 15.0 Å². The minimum atomic E-state index is -0.373. The average Bonchev–Trinajstić information content (AvgIpc) is 3.43. The van der Waals surface area contributed by atoms with Gasteiger partial charge in [0.2, 0.25) is 11.9 Å². The molecule has 2 unspecified atom stereocenters. The number of rotatable bonds is 7. The normalized spacial score (nSPS) is 23.2. The SMILES string of the molecule is O=C(Nc1ccc(C(=O)N2CCC(N3CCOCC3)CC2)cc1)Nc1ccc(-c2nc(N3CCOCC3)nc(N3C4CCC3COC4)n2)cc1. The summed E-state index contributed by atoms with van der Waals surface area (Å²) in [5.74, 6) is 1.97. The number of nitrogens with one attached hydrogen (secondary N) is 2. The van der Waals surface area contributed by atoms with Crippen LogP contribution < -0.4 is 20.4 Å². The van der Waals surface area contributed by atoms with Gasteiger partial charge >= 0.3 is 6.03 Å². The number of hydrogen-bond donors (Lipinski definition) is 2. The quantitative estimate of drug-likeness (QED) is 0.380. The standard InChI is InChI=1S/C36H45N9O5/c46-33(43-13-11-29(12-14-43)42-15-19-48-20-16-42)26-3-7-28(8-4-26)38-36(47)37-27-5-1-25(2-6-27)32-39-34(44-17-21-49-22-18-44)41-35(40-32)45-30-9-10-31(45)24-50-23-30/h1-8,29-31H,9-24H2,(H2,37,38,47).